The van der Waals surface area contributed by atoms with E-state index in [0.717, 1.165) is 0 Å². The van der Waals surface area contributed by atoms with E-state index in [9.17, 15) is 53.4 Å². The predicted octanol–water partition coefficient (Wildman–Crippen LogP) is -4.01. The third kappa shape index (κ3) is 19.3. The van der Waals surface area contributed by atoms with Crippen LogP contribution in [0.2, 0.25) is 0 Å². The average molecular weight is 701 g/mol. The standard InChI is InChI=1S/C23H36N6O15S2/c24-10-14(23(41)42)29-22(40)13(9-18(35)36)28-21(39)12(8-17(33)34)27-20(38)11(7-16(31)32)26-15(30)2-5-45-46-6-4-43-19(37)1-3-44-25/h11-14H,1-10,24-25H2,(H,26,30)(H,27,38)(H,28,39)(H,29,40)(H,31,32)(H,33,34)(H,35,36)(H,41,42)/t11-,12-,13-,14-/m0/s1. The van der Waals surface area contributed by atoms with Gasteiger partial charge in [0.05, 0.1) is 32.3 Å². The number of nitrogens with two attached hydrogens (primary N) is 2. The highest BCUT2D eigenvalue weighted by atomic mass is 33.1. The molecule has 260 valence electrons. The average Bonchev–Trinajstić information content (AvgIpc) is 2.96. The summed E-state index contributed by atoms with van der Waals surface area (Å²) in [6.45, 7) is -0.510. The van der Waals surface area contributed by atoms with Crippen molar-refractivity contribution < 1.29 is 73.2 Å². The zero-order valence-corrected chi connectivity index (χ0v) is 25.8. The number of ether oxygens (including phenoxy) is 1. The van der Waals surface area contributed by atoms with Gasteiger partial charge in [0.2, 0.25) is 23.6 Å². The molecule has 0 aromatic heterocycles. The molecule has 0 saturated heterocycles. The molecule has 0 aliphatic carbocycles. The van der Waals surface area contributed by atoms with Crippen molar-refractivity contribution in [2.75, 3.05) is 31.3 Å². The molecule has 0 aromatic rings. The Balaban J connectivity index is 5.32. The van der Waals surface area contributed by atoms with E-state index in [1.807, 2.05) is 16.0 Å². The molecule has 0 aromatic carbocycles. The van der Waals surface area contributed by atoms with Gasteiger partial charge >= 0.3 is 29.8 Å². The number of hydrogen-bond acceptors (Lipinski definition) is 15. The Hall–Kier alpha value is -4.19. The smallest absolute Gasteiger partial charge is 0.327 e. The van der Waals surface area contributed by atoms with E-state index in [0.29, 0.717) is 5.75 Å². The third-order valence-electron chi connectivity index (χ3n) is 5.25. The van der Waals surface area contributed by atoms with E-state index in [2.05, 4.69) is 10.2 Å². The molecule has 0 fully saturated rings. The SMILES string of the molecule is NC[C@H](NC(=O)[C@H](CC(=O)O)NC(=O)[C@H](CC(=O)O)NC(=O)[C@H](CC(=O)O)NC(=O)CCSSCCOC(=O)CCON)C(=O)O. The Morgan fingerprint density at radius 2 is 1.04 bits per heavy atom. The number of esters is 1. The number of hydrogen-bond donors (Lipinski definition) is 10. The van der Waals surface area contributed by atoms with Gasteiger partial charge in [0.15, 0.2) is 0 Å². The van der Waals surface area contributed by atoms with E-state index in [-0.39, 0.29) is 31.8 Å². The molecule has 0 spiro atoms. The molecule has 0 aliphatic heterocycles. The van der Waals surface area contributed by atoms with E-state index >= 15 is 0 Å². The molecule has 0 saturated carbocycles. The summed E-state index contributed by atoms with van der Waals surface area (Å²) in [6.07, 6.45) is -3.38. The van der Waals surface area contributed by atoms with Gasteiger partial charge in [-0.3, -0.25) is 38.4 Å². The molecule has 0 aliphatic rings. The normalized spacial score (nSPS) is 13.2. The quantitative estimate of drug-likeness (QED) is 0.0188. The van der Waals surface area contributed by atoms with Crippen molar-refractivity contribution in [3.63, 3.8) is 0 Å². The molecule has 4 atom stereocenters. The summed E-state index contributed by atoms with van der Waals surface area (Å²) in [5, 5.41) is 44.6. The molecule has 46 heavy (non-hydrogen) atoms. The first-order valence-corrected chi connectivity index (χ1v) is 15.6. The fourth-order valence-electron chi connectivity index (χ4n) is 3.11. The lowest BCUT2D eigenvalue weighted by molar-refractivity contribution is -0.145. The van der Waals surface area contributed by atoms with Crippen molar-refractivity contribution in [2.45, 2.75) is 56.3 Å². The van der Waals surface area contributed by atoms with Gasteiger partial charge in [0.1, 0.15) is 30.8 Å². The second-order valence-corrected chi connectivity index (χ2v) is 11.6. The topological polar surface area (TPSA) is 353 Å². The van der Waals surface area contributed by atoms with E-state index in [4.69, 9.17) is 26.6 Å². The van der Waals surface area contributed by atoms with Gasteiger partial charge < -0.3 is 57.0 Å². The van der Waals surface area contributed by atoms with Gasteiger partial charge in [-0.1, -0.05) is 21.6 Å². The maximum absolute atomic E-state index is 12.9. The van der Waals surface area contributed by atoms with Crippen LogP contribution in [-0.4, -0.2) is 129 Å². The third-order valence-corrected chi connectivity index (χ3v) is 7.62. The number of aliphatic carboxylic acids is 4. The molecule has 4 amide bonds. The minimum atomic E-state index is -1.99. The number of carbonyl (C=O) groups excluding carboxylic acids is 5. The fourth-order valence-corrected chi connectivity index (χ4v) is 4.93. The van der Waals surface area contributed by atoms with E-state index in [1.165, 1.54) is 21.6 Å². The summed E-state index contributed by atoms with van der Waals surface area (Å²) in [5.74, 6) is -6.22. The largest absolute Gasteiger partial charge is 0.481 e. The molecule has 12 N–H and O–H groups in total. The number of amides is 4. The van der Waals surface area contributed by atoms with Crippen molar-refractivity contribution >= 4 is 75.1 Å². The van der Waals surface area contributed by atoms with Crippen LogP contribution in [0.1, 0.15) is 32.1 Å². The van der Waals surface area contributed by atoms with Crippen LogP contribution in [0, 0.1) is 0 Å². The van der Waals surface area contributed by atoms with Gasteiger partial charge in [-0.15, -0.1) is 0 Å². The molecule has 0 rings (SSSR count). The molecule has 0 bridgehead atoms. The van der Waals surface area contributed by atoms with Crippen LogP contribution in [0.4, 0.5) is 0 Å². The molecule has 0 radical (unpaired) electrons. The zero-order chi connectivity index (χ0) is 35.2. The first-order valence-electron chi connectivity index (χ1n) is 13.1. The summed E-state index contributed by atoms with van der Waals surface area (Å²) in [6, 6.07) is -7.35. The molecule has 0 heterocycles. The molecular weight excluding hydrogens is 664 g/mol. The Kier molecular flexibility index (Phi) is 21.1. The minimum absolute atomic E-state index is 0.00226. The van der Waals surface area contributed by atoms with Crippen LogP contribution in [0.25, 0.3) is 0 Å². The van der Waals surface area contributed by atoms with Crippen LogP contribution >= 0.6 is 21.6 Å². The molecule has 0 unspecified atom stereocenters. The van der Waals surface area contributed by atoms with Crippen molar-refractivity contribution in [1.29, 1.82) is 0 Å². The summed E-state index contributed by atoms with van der Waals surface area (Å²) in [7, 11) is 2.47. The Bertz CT molecular complexity index is 1110. The van der Waals surface area contributed by atoms with Gasteiger partial charge in [0.25, 0.3) is 0 Å². The van der Waals surface area contributed by atoms with Crippen LogP contribution in [0.3, 0.4) is 0 Å². The lowest BCUT2D eigenvalue weighted by Gasteiger charge is -2.24. The minimum Gasteiger partial charge on any atom is -0.481 e. The monoisotopic (exact) mass is 700 g/mol. The Morgan fingerprint density at radius 3 is 1.46 bits per heavy atom. The second-order valence-electron chi connectivity index (χ2n) is 8.91. The van der Waals surface area contributed by atoms with Gasteiger partial charge in [-0.2, -0.15) is 0 Å². The lowest BCUT2D eigenvalue weighted by Crippen LogP contribution is -2.59. The highest BCUT2D eigenvalue weighted by Crippen LogP contribution is 2.21. The second kappa shape index (κ2) is 23.2. The van der Waals surface area contributed by atoms with E-state index < -0.39 is 103 Å². The fraction of sp³-hybridized carbons (Fsp3) is 0.609. The maximum Gasteiger partial charge on any atom is 0.327 e. The first-order chi connectivity index (χ1) is 21.6. The van der Waals surface area contributed by atoms with Crippen LogP contribution < -0.4 is 32.9 Å². The zero-order valence-electron chi connectivity index (χ0n) is 24.1. The van der Waals surface area contributed by atoms with Crippen LogP contribution in [0.15, 0.2) is 0 Å². The summed E-state index contributed by atoms with van der Waals surface area (Å²) in [4.78, 5) is 111. The summed E-state index contributed by atoms with van der Waals surface area (Å²) >= 11 is 0. The molecular formula is C23H36N6O15S2. The number of rotatable bonds is 25. The number of carboxylic acid groups (broad SMARTS) is 4. The maximum atomic E-state index is 12.9. The Morgan fingerprint density at radius 1 is 0.609 bits per heavy atom. The van der Waals surface area contributed by atoms with Crippen LogP contribution in [-0.2, 0) is 52.7 Å². The van der Waals surface area contributed by atoms with Gasteiger partial charge in [-0.05, 0) is 0 Å². The van der Waals surface area contributed by atoms with Gasteiger partial charge in [0, 0.05) is 24.5 Å². The van der Waals surface area contributed by atoms with E-state index in [1.54, 1.807) is 0 Å². The van der Waals surface area contributed by atoms with Crippen molar-refractivity contribution in [3.8, 4) is 0 Å². The predicted molar refractivity (Wildman–Crippen MR) is 156 cm³/mol. The van der Waals surface area contributed by atoms with Crippen LogP contribution in [0.5, 0.6) is 0 Å². The molecule has 21 nitrogen and oxygen atoms in total. The number of carboxylic acids is 4. The summed E-state index contributed by atoms with van der Waals surface area (Å²) < 4.78 is 4.91. The lowest BCUT2D eigenvalue weighted by atomic mass is 10.1. The van der Waals surface area contributed by atoms with Crippen molar-refractivity contribution in [3.05, 3.63) is 0 Å². The first kappa shape index (κ1) is 41.8. The highest BCUT2D eigenvalue weighted by Gasteiger charge is 2.33. The van der Waals surface area contributed by atoms with Crippen molar-refractivity contribution in [2.24, 2.45) is 11.6 Å². The molecule has 23 heteroatoms. The number of nitrogens with one attached hydrogen (secondary N) is 4. The number of carbonyl (C=O) groups is 9. The van der Waals surface area contributed by atoms with Gasteiger partial charge in [-0.25, -0.2) is 10.7 Å². The Labute approximate surface area is 268 Å². The summed E-state index contributed by atoms with van der Waals surface area (Å²) in [5.41, 5.74) is 5.25. The highest BCUT2D eigenvalue weighted by molar-refractivity contribution is 8.76. The van der Waals surface area contributed by atoms with Crippen molar-refractivity contribution in [1.82, 2.24) is 21.3 Å².